The molecule has 0 aliphatic heterocycles. The molecule has 0 aliphatic rings. The fourth-order valence-corrected chi connectivity index (χ4v) is 4.49. The van der Waals surface area contributed by atoms with Gasteiger partial charge in [0.25, 0.3) is 0 Å². The molecule has 0 atom stereocenters. The van der Waals surface area contributed by atoms with Gasteiger partial charge >= 0.3 is 0 Å². The van der Waals surface area contributed by atoms with Crippen LogP contribution in [0.1, 0.15) is 5.76 Å². The van der Waals surface area contributed by atoms with Gasteiger partial charge in [-0.3, -0.25) is 9.36 Å². The Balaban J connectivity index is 1.38. The zero-order valence-corrected chi connectivity index (χ0v) is 19.3. The van der Waals surface area contributed by atoms with Gasteiger partial charge in [0, 0.05) is 16.9 Å². The van der Waals surface area contributed by atoms with E-state index < -0.39 is 0 Å². The number of benzene rings is 3. The summed E-state index contributed by atoms with van der Waals surface area (Å²) >= 11 is 1.34. The van der Waals surface area contributed by atoms with Crippen LogP contribution in [0.3, 0.4) is 0 Å². The number of aryl methyl sites for hydroxylation is 1. The first-order valence-corrected chi connectivity index (χ1v) is 11.8. The van der Waals surface area contributed by atoms with Crippen LogP contribution in [-0.2, 0) is 4.79 Å². The second-order valence-electron chi connectivity index (χ2n) is 7.62. The van der Waals surface area contributed by atoms with Crippen LogP contribution in [0, 0.1) is 6.92 Å². The molecular formula is C27H22N4O2S. The van der Waals surface area contributed by atoms with Gasteiger partial charge in [0.1, 0.15) is 5.76 Å². The number of rotatable bonds is 7. The molecular weight excluding hydrogens is 444 g/mol. The number of anilines is 1. The highest BCUT2D eigenvalue weighted by atomic mass is 32.2. The Kier molecular flexibility index (Phi) is 6.27. The summed E-state index contributed by atoms with van der Waals surface area (Å²) in [6.45, 7) is 1.89. The Labute approximate surface area is 201 Å². The van der Waals surface area contributed by atoms with Crippen molar-refractivity contribution in [2.24, 2.45) is 0 Å². The van der Waals surface area contributed by atoms with Gasteiger partial charge in [0.2, 0.25) is 5.91 Å². The Morgan fingerprint density at radius 2 is 1.59 bits per heavy atom. The maximum atomic E-state index is 12.9. The van der Waals surface area contributed by atoms with Crippen molar-refractivity contribution in [2.75, 3.05) is 11.1 Å². The van der Waals surface area contributed by atoms with Gasteiger partial charge in [0.15, 0.2) is 11.0 Å². The van der Waals surface area contributed by atoms with Crippen LogP contribution in [0.2, 0.25) is 0 Å². The van der Waals surface area contributed by atoms with E-state index >= 15 is 0 Å². The van der Waals surface area contributed by atoms with Crippen LogP contribution >= 0.6 is 11.8 Å². The van der Waals surface area contributed by atoms with Crippen LogP contribution < -0.4 is 5.32 Å². The lowest BCUT2D eigenvalue weighted by atomic mass is 10.0. The van der Waals surface area contributed by atoms with Gasteiger partial charge in [-0.05, 0) is 36.8 Å². The van der Waals surface area contributed by atoms with E-state index in [9.17, 15) is 4.79 Å². The van der Waals surface area contributed by atoms with Crippen LogP contribution in [0.4, 0.5) is 5.69 Å². The molecule has 0 fully saturated rings. The molecule has 0 saturated heterocycles. The molecule has 34 heavy (non-hydrogen) atoms. The molecule has 0 radical (unpaired) electrons. The average Bonchev–Trinajstić information content (AvgIpc) is 3.49. The van der Waals surface area contributed by atoms with Gasteiger partial charge in [0.05, 0.1) is 17.6 Å². The summed E-state index contributed by atoms with van der Waals surface area (Å²) in [5.74, 6) is 1.52. The molecule has 6 nitrogen and oxygen atoms in total. The molecule has 2 aromatic heterocycles. The topological polar surface area (TPSA) is 72.9 Å². The lowest BCUT2D eigenvalue weighted by Gasteiger charge is -2.12. The number of hydrogen-bond donors (Lipinski definition) is 1. The zero-order valence-electron chi connectivity index (χ0n) is 18.5. The molecule has 168 valence electrons. The van der Waals surface area contributed by atoms with E-state index in [1.165, 1.54) is 11.8 Å². The van der Waals surface area contributed by atoms with Gasteiger partial charge < -0.3 is 9.73 Å². The van der Waals surface area contributed by atoms with Crippen molar-refractivity contribution in [3.8, 4) is 28.2 Å². The van der Waals surface area contributed by atoms with Gasteiger partial charge in [-0.2, -0.15) is 0 Å². The third-order valence-electron chi connectivity index (χ3n) is 5.37. The number of thioether (sulfide) groups is 1. The van der Waals surface area contributed by atoms with Gasteiger partial charge in [-0.1, -0.05) is 78.5 Å². The number of hydrogen-bond acceptors (Lipinski definition) is 5. The first-order chi connectivity index (χ1) is 16.7. The second kappa shape index (κ2) is 9.80. The highest BCUT2D eigenvalue weighted by Gasteiger charge is 2.20. The normalized spacial score (nSPS) is 10.9. The minimum atomic E-state index is -0.114. The summed E-state index contributed by atoms with van der Waals surface area (Å²) in [5.41, 5.74) is 4.59. The van der Waals surface area contributed by atoms with Crippen molar-refractivity contribution >= 4 is 23.4 Å². The summed E-state index contributed by atoms with van der Waals surface area (Å²) in [7, 11) is 0. The number of nitrogens with zero attached hydrogens (tertiary/aromatic N) is 3. The molecule has 5 aromatic rings. The van der Waals surface area contributed by atoms with E-state index in [4.69, 9.17) is 4.42 Å². The van der Waals surface area contributed by atoms with Gasteiger partial charge in [-0.15, -0.1) is 10.2 Å². The molecule has 0 unspecified atom stereocenters. The Hall–Kier alpha value is -4.10. The minimum absolute atomic E-state index is 0.114. The van der Waals surface area contributed by atoms with E-state index in [-0.39, 0.29) is 11.7 Å². The minimum Gasteiger partial charge on any atom is -0.469 e. The van der Waals surface area contributed by atoms with E-state index in [1.807, 2.05) is 102 Å². The van der Waals surface area contributed by atoms with E-state index in [0.29, 0.717) is 11.0 Å². The van der Waals surface area contributed by atoms with E-state index in [1.54, 1.807) is 6.26 Å². The van der Waals surface area contributed by atoms with Crippen LogP contribution in [0.25, 0.3) is 28.2 Å². The summed E-state index contributed by atoms with van der Waals surface area (Å²) in [4.78, 5) is 12.9. The van der Waals surface area contributed by atoms with Crippen LogP contribution in [0.5, 0.6) is 0 Å². The van der Waals surface area contributed by atoms with Crippen molar-refractivity contribution in [1.82, 2.24) is 14.8 Å². The standard InChI is InChI=1S/C27H22N4O2S/c1-19-22(16-17-33-19)26-29-30-27(31(26)21-12-6-3-7-13-21)34-18-25(32)28-24-15-9-8-14-23(24)20-10-4-2-5-11-20/h2-17H,18H2,1H3,(H,28,32). The summed E-state index contributed by atoms with van der Waals surface area (Å²) in [5, 5.41) is 12.5. The highest BCUT2D eigenvalue weighted by molar-refractivity contribution is 7.99. The Morgan fingerprint density at radius 1 is 0.882 bits per heavy atom. The number of furan rings is 1. The number of amides is 1. The summed E-state index contributed by atoms with van der Waals surface area (Å²) < 4.78 is 7.43. The predicted molar refractivity (Wildman–Crippen MR) is 135 cm³/mol. The first-order valence-electron chi connectivity index (χ1n) is 10.8. The number of carbonyl (C=O) groups is 1. The van der Waals surface area contributed by atoms with Crippen molar-refractivity contribution in [3.05, 3.63) is 103 Å². The summed E-state index contributed by atoms with van der Waals surface area (Å²) in [6, 6.07) is 29.5. The molecule has 7 heteroatoms. The number of carbonyl (C=O) groups excluding carboxylic acids is 1. The average molecular weight is 467 g/mol. The Bertz CT molecular complexity index is 1410. The first kappa shape index (κ1) is 21.7. The van der Waals surface area contributed by atoms with Crippen molar-refractivity contribution < 1.29 is 9.21 Å². The number of nitrogens with one attached hydrogen (secondary N) is 1. The lowest BCUT2D eigenvalue weighted by molar-refractivity contribution is -0.113. The predicted octanol–water partition coefficient (Wildman–Crippen LogP) is 6.23. The van der Waals surface area contributed by atoms with E-state index in [2.05, 4.69) is 15.5 Å². The highest BCUT2D eigenvalue weighted by Crippen LogP contribution is 2.31. The second-order valence-corrected chi connectivity index (χ2v) is 8.56. The molecule has 1 amide bonds. The maximum absolute atomic E-state index is 12.9. The fraction of sp³-hybridized carbons (Fsp3) is 0.0741. The lowest BCUT2D eigenvalue weighted by Crippen LogP contribution is -2.15. The number of aromatic nitrogens is 3. The smallest absolute Gasteiger partial charge is 0.234 e. The molecule has 0 bridgehead atoms. The monoisotopic (exact) mass is 466 g/mol. The van der Waals surface area contributed by atoms with Crippen LogP contribution in [0.15, 0.2) is 107 Å². The summed E-state index contributed by atoms with van der Waals surface area (Å²) in [6.07, 6.45) is 1.64. The molecule has 5 rings (SSSR count). The zero-order chi connectivity index (χ0) is 23.3. The van der Waals surface area contributed by atoms with Crippen molar-refractivity contribution in [1.29, 1.82) is 0 Å². The van der Waals surface area contributed by atoms with Crippen LogP contribution in [-0.4, -0.2) is 26.4 Å². The van der Waals surface area contributed by atoms with Crippen molar-refractivity contribution in [3.63, 3.8) is 0 Å². The quantitative estimate of drug-likeness (QED) is 0.288. The Morgan fingerprint density at radius 3 is 2.32 bits per heavy atom. The molecule has 0 aliphatic carbocycles. The van der Waals surface area contributed by atoms with E-state index in [0.717, 1.165) is 33.8 Å². The fourth-order valence-electron chi connectivity index (χ4n) is 3.74. The van der Waals surface area contributed by atoms with Gasteiger partial charge in [-0.25, -0.2) is 0 Å². The molecule has 2 heterocycles. The van der Waals surface area contributed by atoms with Crippen molar-refractivity contribution in [2.45, 2.75) is 12.1 Å². The molecule has 1 N–H and O–H groups in total. The number of para-hydroxylation sites is 2. The third-order valence-corrected chi connectivity index (χ3v) is 6.29. The molecule has 0 spiro atoms. The molecule has 3 aromatic carbocycles. The maximum Gasteiger partial charge on any atom is 0.234 e. The largest absolute Gasteiger partial charge is 0.469 e. The molecule has 0 saturated carbocycles. The SMILES string of the molecule is Cc1occc1-c1nnc(SCC(=O)Nc2ccccc2-c2ccccc2)n1-c1ccccc1. The third kappa shape index (κ3) is 4.51.